The molecule has 0 atom stereocenters. The van der Waals surface area contributed by atoms with Gasteiger partial charge >= 0.3 is 6.03 Å². The number of rotatable bonds is 3. The molecular weight excluding hydrogens is 244 g/mol. The van der Waals surface area contributed by atoms with Crippen LogP contribution in [0.15, 0.2) is 18.2 Å². The van der Waals surface area contributed by atoms with Crippen molar-refractivity contribution in [3.63, 3.8) is 0 Å². The maximum absolute atomic E-state index is 11.8. The van der Waals surface area contributed by atoms with Crippen LogP contribution in [0.1, 0.15) is 23.1 Å². The Hall–Kier alpha value is -1.88. The monoisotopic (exact) mass is 262 g/mol. The van der Waals surface area contributed by atoms with Gasteiger partial charge in [-0.05, 0) is 30.5 Å². The van der Waals surface area contributed by atoms with Crippen LogP contribution in [-0.4, -0.2) is 35.5 Å². The first-order chi connectivity index (χ1) is 8.99. The van der Waals surface area contributed by atoms with Gasteiger partial charge in [-0.15, -0.1) is 0 Å². The van der Waals surface area contributed by atoms with Gasteiger partial charge in [0.05, 0.1) is 6.54 Å². The van der Waals surface area contributed by atoms with Crippen LogP contribution in [0, 0.1) is 13.8 Å². The Kier molecular flexibility index (Phi) is 3.85. The van der Waals surface area contributed by atoms with Gasteiger partial charge in [-0.25, -0.2) is 9.86 Å². The van der Waals surface area contributed by atoms with Gasteiger partial charge in [0, 0.05) is 13.5 Å². The molecule has 1 aromatic rings. The van der Waals surface area contributed by atoms with Crippen LogP contribution in [-0.2, 0) is 16.2 Å². The number of amides is 3. The lowest BCUT2D eigenvalue weighted by molar-refractivity contribution is -0.159. The minimum Gasteiger partial charge on any atom is -0.274 e. The third kappa shape index (κ3) is 2.93. The van der Waals surface area contributed by atoms with Crippen molar-refractivity contribution >= 4 is 11.9 Å². The minimum atomic E-state index is -0.403. The van der Waals surface area contributed by atoms with Gasteiger partial charge in [-0.3, -0.25) is 14.5 Å². The molecule has 0 aliphatic carbocycles. The standard InChI is InChI=1S/C14H18N2O3/c1-10-4-5-12(8-11(10)2)9-19-16-7-6-13(17)15(3)14(16)18/h4-5,8H,6-7,9H2,1-3H3. The quantitative estimate of drug-likeness (QED) is 0.837. The average molecular weight is 262 g/mol. The van der Waals surface area contributed by atoms with E-state index in [9.17, 15) is 9.59 Å². The van der Waals surface area contributed by atoms with Crippen molar-refractivity contribution in [3.05, 3.63) is 34.9 Å². The third-order valence-corrected chi connectivity index (χ3v) is 3.36. The number of urea groups is 1. The maximum Gasteiger partial charge on any atom is 0.350 e. The molecule has 0 bridgehead atoms. The predicted octanol–water partition coefficient (Wildman–Crippen LogP) is 2.02. The van der Waals surface area contributed by atoms with Crippen LogP contribution in [0.2, 0.25) is 0 Å². The van der Waals surface area contributed by atoms with E-state index in [1.54, 1.807) is 0 Å². The smallest absolute Gasteiger partial charge is 0.274 e. The molecule has 1 fully saturated rings. The molecule has 0 unspecified atom stereocenters. The Balaban J connectivity index is 1.97. The summed E-state index contributed by atoms with van der Waals surface area (Å²) in [6, 6.07) is 5.64. The summed E-state index contributed by atoms with van der Waals surface area (Å²) in [6.07, 6.45) is 0.301. The average Bonchev–Trinajstić information content (AvgIpc) is 2.39. The van der Waals surface area contributed by atoms with Gasteiger partial charge in [0.2, 0.25) is 5.91 Å². The second-order valence-corrected chi connectivity index (χ2v) is 4.78. The molecule has 0 N–H and O–H groups in total. The summed E-state index contributed by atoms with van der Waals surface area (Å²) in [4.78, 5) is 29.7. The lowest BCUT2D eigenvalue weighted by atomic mass is 10.1. The maximum atomic E-state index is 11.8. The Morgan fingerprint density at radius 3 is 2.63 bits per heavy atom. The number of aryl methyl sites for hydroxylation is 2. The van der Waals surface area contributed by atoms with Crippen molar-refractivity contribution in [2.45, 2.75) is 26.9 Å². The van der Waals surface area contributed by atoms with Gasteiger partial charge < -0.3 is 0 Å². The van der Waals surface area contributed by atoms with Crippen LogP contribution in [0.5, 0.6) is 0 Å². The van der Waals surface area contributed by atoms with E-state index in [2.05, 4.69) is 6.92 Å². The fourth-order valence-corrected chi connectivity index (χ4v) is 1.90. The highest BCUT2D eigenvalue weighted by atomic mass is 16.7. The molecule has 1 aliphatic heterocycles. The molecule has 2 rings (SSSR count). The molecule has 0 spiro atoms. The molecule has 1 aromatic carbocycles. The highest BCUT2D eigenvalue weighted by Gasteiger charge is 2.29. The molecule has 5 nitrogen and oxygen atoms in total. The zero-order chi connectivity index (χ0) is 14.0. The summed E-state index contributed by atoms with van der Waals surface area (Å²) in [5.41, 5.74) is 3.43. The largest absolute Gasteiger partial charge is 0.350 e. The van der Waals surface area contributed by atoms with Crippen molar-refractivity contribution in [1.82, 2.24) is 9.96 Å². The first-order valence-corrected chi connectivity index (χ1v) is 6.26. The van der Waals surface area contributed by atoms with Gasteiger partial charge in [0.15, 0.2) is 0 Å². The molecule has 102 valence electrons. The van der Waals surface area contributed by atoms with E-state index in [1.165, 1.54) is 23.2 Å². The Bertz CT molecular complexity index is 513. The van der Waals surface area contributed by atoms with Crippen molar-refractivity contribution in [1.29, 1.82) is 0 Å². The number of carbonyl (C=O) groups excluding carboxylic acids is 2. The highest BCUT2D eigenvalue weighted by Crippen LogP contribution is 2.14. The second kappa shape index (κ2) is 5.40. The number of hydrogen-bond donors (Lipinski definition) is 0. The third-order valence-electron chi connectivity index (χ3n) is 3.36. The predicted molar refractivity (Wildman–Crippen MR) is 70.2 cm³/mol. The summed E-state index contributed by atoms with van der Waals surface area (Å²) >= 11 is 0. The molecule has 19 heavy (non-hydrogen) atoms. The Morgan fingerprint density at radius 1 is 1.21 bits per heavy atom. The van der Waals surface area contributed by atoms with E-state index >= 15 is 0 Å². The van der Waals surface area contributed by atoms with Crippen molar-refractivity contribution in [2.24, 2.45) is 0 Å². The van der Waals surface area contributed by atoms with Gasteiger partial charge in [0.1, 0.15) is 6.61 Å². The molecular formula is C14H18N2O3. The number of benzene rings is 1. The minimum absolute atomic E-state index is 0.170. The van der Waals surface area contributed by atoms with Crippen molar-refractivity contribution < 1.29 is 14.4 Å². The normalized spacial score (nSPS) is 16.2. The van der Waals surface area contributed by atoms with E-state index in [1.807, 2.05) is 25.1 Å². The first-order valence-electron chi connectivity index (χ1n) is 6.26. The summed E-state index contributed by atoms with van der Waals surface area (Å²) in [6.45, 7) is 4.73. The zero-order valence-corrected chi connectivity index (χ0v) is 11.5. The van der Waals surface area contributed by atoms with Gasteiger partial charge in [-0.1, -0.05) is 18.2 Å². The second-order valence-electron chi connectivity index (χ2n) is 4.78. The fraction of sp³-hybridized carbons (Fsp3) is 0.429. The molecule has 5 heteroatoms. The van der Waals surface area contributed by atoms with E-state index < -0.39 is 6.03 Å². The number of carbonyl (C=O) groups is 2. The van der Waals surface area contributed by atoms with Gasteiger partial charge in [0.25, 0.3) is 0 Å². The van der Waals surface area contributed by atoms with Crippen LogP contribution in [0.25, 0.3) is 0 Å². The first kappa shape index (κ1) is 13.5. The molecule has 0 saturated carbocycles. The van der Waals surface area contributed by atoms with E-state index in [-0.39, 0.29) is 5.91 Å². The summed E-state index contributed by atoms with van der Waals surface area (Å²) in [5.74, 6) is -0.170. The molecule has 0 aromatic heterocycles. The fourth-order valence-electron chi connectivity index (χ4n) is 1.90. The zero-order valence-electron chi connectivity index (χ0n) is 11.5. The summed E-state index contributed by atoms with van der Waals surface area (Å²) < 4.78 is 0. The van der Waals surface area contributed by atoms with Gasteiger partial charge in [-0.2, -0.15) is 0 Å². The number of hydroxylamine groups is 2. The molecule has 1 saturated heterocycles. The molecule has 0 radical (unpaired) electrons. The van der Waals surface area contributed by atoms with Crippen LogP contribution in [0.3, 0.4) is 0 Å². The van der Waals surface area contributed by atoms with E-state index in [0.717, 1.165) is 10.5 Å². The van der Waals surface area contributed by atoms with E-state index in [0.29, 0.717) is 19.6 Å². The van der Waals surface area contributed by atoms with Crippen LogP contribution < -0.4 is 0 Å². The summed E-state index contributed by atoms with van der Waals surface area (Å²) in [5, 5.41) is 1.25. The van der Waals surface area contributed by atoms with Crippen molar-refractivity contribution in [3.8, 4) is 0 Å². The van der Waals surface area contributed by atoms with Crippen molar-refractivity contribution in [2.75, 3.05) is 13.6 Å². The number of hydrogen-bond acceptors (Lipinski definition) is 3. The SMILES string of the molecule is Cc1ccc(CON2CCC(=O)N(C)C2=O)cc1C. The number of nitrogens with zero attached hydrogens (tertiary/aromatic N) is 2. The molecule has 1 heterocycles. The summed E-state index contributed by atoms with van der Waals surface area (Å²) in [7, 11) is 1.47. The Labute approximate surface area is 112 Å². The highest BCUT2D eigenvalue weighted by molar-refractivity contribution is 5.95. The molecule has 3 amide bonds. The van der Waals surface area contributed by atoms with E-state index in [4.69, 9.17) is 4.84 Å². The van der Waals surface area contributed by atoms with Crippen LogP contribution in [0.4, 0.5) is 4.79 Å². The topological polar surface area (TPSA) is 49.9 Å². The lowest BCUT2D eigenvalue weighted by Crippen LogP contribution is -2.50. The lowest BCUT2D eigenvalue weighted by Gasteiger charge is -2.30. The van der Waals surface area contributed by atoms with Crippen LogP contribution >= 0.6 is 0 Å². The molecule has 1 aliphatic rings. The Morgan fingerprint density at radius 2 is 1.95 bits per heavy atom. The number of imide groups is 1.